The number of nitrogens with zero attached hydrogens (tertiary/aromatic N) is 4. The molecule has 2 saturated heterocycles. The second-order valence-corrected chi connectivity index (χ2v) is 13.7. The number of quaternary nitrogens is 1. The van der Waals surface area contributed by atoms with Gasteiger partial charge < -0.3 is 30.2 Å². The molecule has 0 saturated carbocycles. The summed E-state index contributed by atoms with van der Waals surface area (Å²) in [6.07, 6.45) is 1.54. The summed E-state index contributed by atoms with van der Waals surface area (Å²) in [7, 11) is 0. The molecule has 6 aromatic rings. The summed E-state index contributed by atoms with van der Waals surface area (Å²) in [4.78, 5) is 54.5. The van der Waals surface area contributed by atoms with Crippen molar-refractivity contribution in [3.05, 3.63) is 126 Å². The number of nitrogens with one attached hydrogen (secondary N) is 1. The molecule has 12 heteroatoms. The molecular formula is C41H39N6O6+. The lowest BCUT2D eigenvalue weighted by Gasteiger charge is -2.36. The Hall–Kier alpha value is -5.95. The molecule has 5 N–H and O–H groups in total. The zero-order chi connectivity index (χ0) is 36.7. The van der Waals surface area contributed by atoms with Gasteiger partial charge in [0.25, 0.3) is 11.8 Å². The molecular weight excluding hydrogens is 672 g/mol. The number of nitrogens with two attached hydrogens (primary N) is 1. The van der Waals surface area contributed by atoms with Crippen molar-refractivity contribution in [3.63, 3.8) is 0 Å². The van der Waals surface area contributed by atoms with Crippen molar-refractivity contribution in [2.45, 2.75) is 50.0 Å². The van der Waals surface area contributed by atoms with Gasteiger partial charge >= 0.3 is 5.91 Å². The quantitative estimate of drug-likeness (QED) is 0.142. The number of H-pyrrole nitrogens is 1. The number of carbonyl (C=O) groups excluding carboxylic acids is 3. The molecule has 3 amide bonds. The second-order valence-electron chi connectivity index (χ2n) is 13.7. The predicted molar refractivity (Wildman–Crippen MR) is 197 cm³/mol. The smallest absolute Gasteiger partial charge is 0.352 e. The molecule has 0 spiro atoms. The highest BCUT2D eigenvalue weighted by atomic mass is 16.4. The molecule has 8 rings (SSSR count). The van der Waals surface area contributed by atoms with E-state index in [9.17, 15) is 24.6 Å². The number of primary amides is 1. The molecule has 2 aromatic heterocycles. The molecule has 2 aliphatic heterocycles. The van der Waals surface area contributed by atoms with Crippen LogP contribution < -0.4 is 10.2 Å². The van der Waals surface area contributed by atoms with Crippen LogP contribution in [0.15, 0.2) is 114 Å². The lowest BCUT2D eigenvalue weighted by molar-refractivity contribution is -0.143. The Morgan fingerprint density at radius 1 is 0.849 bits per heavy atom. The van der Waals surface area contributed by atoms with Crippen LogP contribution in [0.3, 0.4) is 0 Å². The Morgan fingerprint density at radius 3 is 2.23 bits per heavy atom. The number of aliphatic hydroxyl groups excluding tert-OH is 2. The Bertz CT molecular complexity index is 2290. The van der Waals surface area contributed by atoms with Crippen molar-refractivity contribution < 1.29 is 29.0 Å². The van der Waals surface area contributed by atoms with Gasteiger partial charge in [-0.15, -0.1) is 0 Å². The van der Waals surface area contributed by atoms with Gasteiger partial charge in [-0.25, -0.2) is 19.2 Å². The maximum absolute atomic E-state index is 14.0. The fraction of sp³-hybridized carbons (Fsp3) is 0.244. The molecule has 2 fully saturated rings. The summed E-state index contributed by atoms with van der Waals surface area (Å²) < 4.78 is 5.84. The van der Waals surface area contributed by atoms with Gasteiger partial charge in [-0.1, -0.05) is 60.7 Å². The number of hydrogen-bond acceptors (Lipinski definition) is 8. The molecule has 0 bridgehead atoms. The third-order valence-electron chi connectivity index (χ3n) is 10.7. The summed E-state index contributed by atoms with van der Waals surface area (Å²) in [6.45, 7) is 0.871. The zero-order valence-electron chi connectivity index (χ0n) is 28.8. The average Bonchev–Trinajstić information content (AvgIpc) is 4.03. The van der Waals surface area contributed by atoms with Crippen molar-refractivity contribution in [2.24, 2.45) is 5.73 Å². The van der Waals surface area contributed by atoms with E-state index in [4.69, 9.17) is 15.1 Å². The number of hydrogen-bond donors (Lipinski definition) is 4. The van der Waals surface area contributed by atoms with E-state index in [2.05, 4.69) is 9.97 Å². The van der Waals surface area contributed by atoms with Gasteiger partial charge in [0, 0.05) is 42.6 Å². The van der Waals surface area contributed by atoms with Crippen LogP contribution in [-0.4, -0.2) is 66.9 Å². The number of rotatable bonds is 9. The summed E-state index contributed by atoms with van der Waals surface area (Å²) in [5.74, 6) is 0.114. The van der Waals surface area contributed by atoms with Crippen LogP contribution in [0.1, 0.15) is 60.9 Å². The average molecular weight is 712 g/mol. The van der Waals surface area contributed by atoms with E-state index in [0.717, 1.165) is 23.9 Å². The van der Waals surface area contributed by atoms with Crippen LogP contribution in [0.25, 0.3) is 33.8 Å². The second kappa shape index (κ2) is 13.9. The number of aromatic amines is 1. The number of benzene rings is 4. The van der Waals surface area contributed by atoms with Gasteiger partial charge in [-0.2, -0.15) is 0 Å². The summed E-state index contributed by atoms with van der Waals surface area (Å²) >= 11 is 0. The van der Waals surface area contributed by atoms with E-state index in [1.165, 1.54) is 0 Å². The number of carbonyl (C=O) groups is 3. The molecule has 268 valence electrons. The van der Waals surface area contributed by atoms with E-state index in [-0.39, 0.29) is 16.4 Å². The Morgan fingerprint density at radius 2 is 1.53 bits per heavy atom. The van der Waals surface area contributed by atoms with Gasteiger partial charge in [0.2, 0.25) is 5.89 Å². The molecule has 5 atom stereocenters. The molecule has 53 heavy (non-hydrogen) atoms. The Kier molecular flexibility index (Phi) is 8.95. The first-order valence-electron chi connectivity index (χ1n) is 17.8. The fourth-order valence-electron chi connectivity index (χ4n) is 7.96. The first kappa shape index (κ1) is 34.2. The number of amides is 3. The van der Waals surface area contributed by atoms with Crippen molar-refractivity contribution in [1.82, 2.24) is 24.3 Å². The lowest BCUT2D eigenvalue weighted by Crippen LogP contribution is -2.63. The van der Waals surface area contributed by atoms with Gasteiger partial charge in [-0.3, -0.25) is 9.59 Å². The number of aliphatic hydroxyl groups is 2. The molecule has 12 nitrogen and oxygen atoms in total. The SMILES string of the molecule is NC(=O)[C@@H]1CCC[N+]1(C(=O)[C@H](O)c1ccccc1)c1ccc(-c2ncc(-c3ccc4[nH]c([C@@H]5CCCN5C(=O)[C@H](O)c5ccccc5)nc4c3)o2)cc1. The highest BCUT2D eigenvalue weighted by Gasteiger charge is 2.55. The number of likely N-dealkylation sites (tertiary alicyclic amines) is 2. The van der Waals surface area contributed by atoms with Crippen molar-refractivity contribution >= 4 is 34.4 Å². The molecule has 0 radical (unpaired) electrons. The maximum Gasteiger partial charge on any atom is 0.352 e. The van der Waals surface area contributed by atoms with Crippen LogP contribution in [-0.2, 0) is 14.4 Å². The van der Waals surface area contributed by atoms with Gasteiger partial charge in [-0.05, 0) is 54.3 Å². The van der Waals surface area contributed by atoms with Crippen molar-refractivity contribution in [1.29, 1.82) is 0 Å². The molecule has 4 aromatic carbocycles. The summed E-state index contributed by atoms with van der Waals surface area (Å²) in [5, 5.41) is 22.0. The molecule has 1 unspecified atom stereocenters. The Balaban J connectivity index is 1.03. The summed E-state index contributed by atoms with van der Waals surface area (Å²) in [5.41, 5.74) is 10.3. The van der Waals surface area contributed by atoms with Crippen LogP contribution in [0.4, 0.5) is 5.69 Å². The third kappa shape index (κ3) is 6.10. The van der Waals surface area contributed by atoms with E-state index in [1.54, 1.807) is 90.0 Å². The number of aromatic nitrogens is 3. The summed E-state index contributed by atoms with van der Waals surface area (Å²) in [6, 6.07) is 29.4. The predicted octanol–water partition coefficient (Wildman–Crippen LogP) is 5.50. The molecule has 4 heterocycles. The van der Waals surface area contributed by atoms with Crippen molar-refractivity contribution in [2.75, 3.05) is 13.1 Å². The molecule has 2 aliphatic rings. The first-order chi connectivity index (χ1) is 25.7. The van der Waals surface area contributed by atoms with Crippen LogP contribution in [0.2, 0.25) is 0 Å². The van der Waals surface area contributed by atoms with Gasteiger partial charge in [0.05, 0.1) is 29.8 Å². The van der Waals surface area contributed by atoms with Gasteiger partial charge in [0.1, 0.15) is 11.5 Å². The van der Waals surface area contributed by atoms with Gasteiger partial charge in [0.15, 0.2) is 24.0 Å². The van der Waals surface area contributed by atoms with E-state index in [0.29, 0.717) is 71.3 Å². The highest BCUT2D eigenvalue weighted by molar-refractivity contribution is 5.99. The fourth-order valence-corrected chi connectivity index (χ4v) is 7.96. The molecule has 0 aliphatic carbocycles. The normalized spacial score (nSPS) is 21.1. The number of oxazole rings is 1. The standard InChI is InChI=1S/C41H38N6O6/c42-37(50)33-14-8-22-47(33,41(52)36(49)26-11-5-2-6-12-26)29-18-15-27(16-19-29)39-43-24-34(53-39)28-17-20-30-31(23-28)45-38(44-30)32-13-7-21-46(32)40(51)35(48)25-9-3-1-4-10-25/h1-6,9-12,15-20,23-24,32-33,35-36,48-49H,7-8,13-14,21-22H2,(H2-,42,44,45,50)/p+1/t32-,33-,35+,36+,47?/m0/s1. The maximum atomic E-state index is 14.0. The lowest BCUT2D eigenvalue weighted by atomic mass is 10.0. The van der Waals surface area contributed by atoms with E-state index in [1.807, 2.05) is 24.3 Å². The number of fused-ring (bicyclic) bond motifs is 1. The van der Waals surface area contributed by atoms with E-state index >= 15 is 0 Å². The van der Waals surface area contributed by atoms with E-state index < -0.39 is 30.1 Å². The minimum atomic E-state index is -1.43. The van der Waals surface area contributed by atoms with Crippen LogP contribution in [0.5, 0.6) is 0 Å². The minimum Gasteiger partial charge on any atom is -0.436 e. The Labute approximate surface area is 305 Å². The largest absolute Gasteiger partial charge is 0.436 e. The monoisotopic (exact) mass is 711 g/mol. The van der Waals surface area contributed by atoms with Crippen molar-refractivity contribution in [3.8, 4) is 22.8 Å². The highest BCUT2D eigenvalue weighted by Crippen LogP contribution is 2.40. The number of imidazole rings is 1. The van der Waals surface area contributed by atoms with Crippen LogP contribution in [0, 0.1) is 0 Å². The minimum absolute atomic E-state index is 0.284. The topological polar surface area (TPSA) is 176 Å². The van der Waals surface area contributed by atoms with Crippen LogP contribution >= 0.6 is 0 Å². The zero-order valence-corrected chi connectivity index (χ0v) is 28.8. The first-order valence-corrected chi connectivity index (χ1v) is 17.8. The third-order valence-corrected chi connectivity index (χ3v) is 10.7.